The largest absolute Gasteiger partial charge is 0.341 e. The van der Waals surface area contributed by atoms with Gasteiger partial charge in [-0.15, -0.1) is 0 Å². The number of fused-ring (bicyclic) bond motifs is 1. The zero-order valence-corrected chi connectivity index (χ0v) is 17.0. The lowest BCUT2D eigenvalue weighted by molar-refractivity contribution is 0.0785. The summed E-state index contributed by atoms with van der Waals surface area (Å²) in [6.45, 7) is 0.460. The Morgan fingerprint density at radius 3 is 2.25 bits per heavy atom. The van der Waals surface area contributed by atoms with Gasteiger partial charge in [-0.2, -0.15) is 0 Å². The molecule has 0 saturated carbocycles. The minimum atomic E-state index is -3.08. The first-order chi connectivity index (χ1) is 13.3. The van der Waals surface area contributed by atoms with Crippen molar-refractivity contribution in [1.82, 2.24) is 4.90 Å². The van der Waals surface area contributed by atoms with Crippen LogP contribution in [0.4, 0.5) is 0 Å². The van der Waals surface area contributed by atoms with E-state index >= 15 is 0 Å². The first-order valence-electron chi connectivity index (χ1n) is 9.30. The Balaban J connectivity index is 1.86. The standard InChI is InChI=1S/C23H25NO3S/c1-24(23(25)19-9-4-3-5-10-19)17-22(14-15-28(2,26)27)21-13-12-18-8-6-7-11-20(18)16-21/h3-13,16,22H,14-15,17H2,1-2H3. The van der Waals surface area contributed by atoms with Crippen molar-refractivity contribution < 1.29 is 13.2 Å². The third kappa shape index (κ3) is 5.20. The highest BCUT2D eigenvalue weighted by Gasteiger charge is 2.20. The van der Waals surface area contributed by atoms with Gasteiger partial charge >= 0.3 is 0 Å². The van der Waals surface area contributed by atoms with E-state index in [-0.39, 0.29) is 17.6 Å². The molecule has 0 heterocycles. The fraction of sp³-hybridized carbons (Fsp3) is 0.261. The molecule has 1 atom stereocenters. The van der Waals surface area contributed by atoms with Crippen molar-refractivity contribution in [2.75, 3.05) is 25.6 Å². The molecule has 3 aromatic rings. The van der Waals surface area contributed by atoms with E-state index in [2.05, 4.69) is 18.2 Å². The van der Waals surface area contributed by atoms with Gasteiger partial charge in [-0.05, 0) is 34.9 Å². The molecule has 0 bridgehead atoms. The summed E-state index contributed by atoms with van der Waals surface area (Å²) < 4.78 is 23.5. The van der Waals surface area contributed by atoms with E-state index in [1.807, 2.05) is 42.5 Å². The molecule has 0 aliphatic carbocycles. The van der Waals surface area contributed by atoms with Crippen LogP contribution < -0.4 is 0 Å². The van der Waals surface area contributed by atoms with Crippen molar-refractivity contribution in [3.8, 4) is 0 Å². The number of hydrogen-bond donors (Lipinski definition) is 0. The smallest absolute Gasteiger partial charge is 0.253 e. The van der Waals surface area contributed by atoms with E-state index in [9.17, 15) is 13.2 Å². The molecule has 1 unspecified atom stereocenters. The van der Waals surface area contributed by atoms with Gasteiger partial charge in [-0.3, -0.25) is 4.79 Å². The minimum absolute atomic E-state index is 0.0583. The lowest BCUT2D eigenvalue weighted by Gasteiger charge is -2.25. The minimum Gasteiger partial charge on any atom is -0.341 e. The molecule has 0 fully saturated rings. The summed E-state index contributed by atoms with van der Waals surface area (Å²) in [6.07, 6.45) is 1.73. The van der Waals surface area contributed by atoms with E-state index in [0.717, 1.165) is 16.3 Å². The molecule has 5 heteroatoms. The number of rotatable bonds is 7. The fourth-order valence-electron chi connectivity index (χ4n) is 3.40. The molecular formula is C23H25NO3S. The Kier molecular flexibility index (Phi) is 6.15. The maximum absolute atomic E-state index is 12.7. The van der Waals surface area contributed by atoms with Crippen LogP contribution in [0.2, 0.25) is 0 Å². The van der Waals surface area contributed by atoms with Crippen molar-refractivity contribution in [3.05, 3.63) is 83.9 Å². The van der Waals surface area contributed by atoms with Crippen molar-refractivity contribution in [1.29, 1.82) is 0 Å². The van der Waals surface area contributed by atoms with Crippen molar-refractivity contribution in [2.45, 2.75) is 12.3 Å². The van der Waals surface area contributed by atoms with Gasteiger partial charge in [0.15, 0.2) is 0 Å². The molecule has 1 amide bonds. The zero-order valence-electron chi connectivity index (χ0n) is 16.2. The molecule has 0 spiro atoms. The van der Waals surface area contributed by atoms with Gasteiger partial charge in [-0.25, -0.2) is 8.42 Å². The summed E-state index contributed by atoms with van der Waals surface area (Å²) in [5, 5.41) is 2.25. The predicted octanol–water partition coefficient (Wildman–Crippen LogP) is 4.13. The van der Waals surface area contributed by atoms with Crippen molar-refractivity contribution >= 4 is 26.5 Å². The van der Waals surface area contributed by atoms with Gasteiger partial charge in [-0.1, -0.05) is 60.7 Å². The second-order valence-electron chi connectivity index (χ2n) is 7.27. The maximum atomic E-state index is 12.7. The van der Waals surface area contributed by atoms with E-state index in [1.165, 1.54) is 6.26 Å². The van der Waals surface area contributed by atoms with Gasteiger partial charge in [0.2, 0.25) is 0 Å². The molecule has 3 aromatic carbocycles. The SMILES string of the molecule is CN(CC(CCS(C)(=O)=O)c1ccc2ccccc2c1)C(=O)c1ccccc1. The lowest BCUT2D eigenvalue weighted by Crippen LogP contribution is -2.31. The van der Waals surface area contributed by atoms with Crippen LogP contribution in [0.15, 0.2) is 72.8 Å². The number of carbonyl (C=O) groups is 1. The molecule has 0 aliphatic rings. The average molecular weight is 396 g/mol. The normalized spacial score (nSPS) is 12.6. The first-order valence-corrected chi connectivity index (χ1v) is 11.4. The van der Waals surface area contributed by atoms with Crippen LogP contribution in [0.1, 0.15) is 28.3 Å². The highest BCUT2D eigenvalue weighted by molar-refractivity contribution is 7.90. The Morgan fingerprint density at radius 2 is 1.57 bits per heavy atom. The zero-order chi connectivity index (χ0) is 20.1. The van der Waals surface area contributed by atoms with Crippen LogP contribution in [0.5, 0.6) is 0 Å². The van der Waals surface area contributed by atoms with Gasteiger partial charge in [0.05, 0.1) is 5.75 Å². The van der Waals surface area contributed by atoms with Gasteiger partial charge in [0.25, 0.3) is 5.91 Å². The molecule has 28 heavy (non-hydrogen) atoms. The third-order valence-electron chi connectivity index (χ3n) is 4.94. The number of carbonyl (C=O) groups excluding carboxylic acids is 1. The van der Waals surface area contributed by atoms with Crippen LogP contribution in [-0.2, 0) is 9.84 Å². The van der Waals surface area contributed by atoms with Crippen LogP contribution >= 0.6 is 0 Å². The van der Waals surface area contributed by atoms with Crippen LogP contribution in [0.25, 0.3) is 10.8 Å². The highest BCUT2D eigenvalue weighted by Crippen LogP contribution is 2.26. The topological polar surface area (TPSA) is 54.5 Å². The van der Waals surface area contributed by atoms with E-state index in [0.29, 0.717) is 18.5 Å². The van der Waals surface area contributed by atoms with Gasteiger partial charge in [0.1, 0.15) is 9.84 Å². The highest BCUT2D eigenvalue weighted by atomic mass is 32.2. The molecule has 0 radical (unpaired) electrons. The van der Waals surface area contributed by atoms with Crippen LogP contribution in [0.3, 0.4) is 0 Å². The van der Waals surface area contributed by atoms with Gasteiger partial charge in [0, 0.05) is 31.3 Å². The average Bonchev–Trinajstić information content (AvgIpc) is 2.70. The number of amides is 1. The number of sulfone groups is 1. The summed E-state index contributed by atoms with van der Waals surface area (Å²) >= 11 is 0. The number of nitrogens with zero attached hydrogens (tertiary/aromatic N) is 1. The molecule has 0 saturated heterocycles. The number of hydrogen-bond acceptors (Lipinski definition) is 3. The Morgan fingerprint density at radius 1 is 0.929 bits per heavy atom. The number of benzene rings is 3. The van der Waals surface area contributed by atoms with E-state index in [1.54, 1.807) is 24.1 Å². The number of likely N-dealkylation sites (N-methyl/N-ethyl adjacent to an activating group) is 1. The van der Waals surface area contributed by atoms with Gasteiger partial charge < -0.3 is 4.90 Å². The molecule has 146 valence electrons. The summed E-state index contributed by atoms with van der Waals surface area (Å²) in [5.74, 6) is -0.0274. The van der Waals surface area contributed by atoms with Crippen LogP contribution in [-0.4, -0.2) is 44.8 Å². The summed E-state index contributed by atoms with van der Waals surface area (Å²) in [7, 11) is -1.31. The summed E-state index contributed by atoms with van der Waals surface area (Å²) in [4.78, 5) is 14.4. The predicted molar refractivity (Wildman–Crippen MR) is 114 cm³/mol. The Bertz CT molecular complexity index is 1060. The fourth-order valence-corrected chi connectivity index (χ4v) is 4.11. The Labute approximate surface area is 166 Å². The summed E-state index contributed by atoms with van der Waals surface area (Å²) in [5.41, 5.74) is 1.68. The van der Waals surface area contributed by atoms with E-state index in [4.69, 9.17) is 0 Å². The molecule has 0 aromatic heterocycles. The lowest BCUT2D eigenvalue weighted by atomic mass is 9.93. The first kappa shape index (κ1) is 20.1. The molecule has 3 rings (SSSR count). The van der Waals surface area contributed by atoms with E-state index < -0.39 is 9.84 Å². The molecule has 0 aliphatic heterocycles. The van der Waals surface area contributed by atoms with Crippen molar-refractivity contribution in [2.24, 2.45) is 0 Å². The third-order valence-corrected chi connectivity index (χ3v) is 5.92. The molecule has 4 nitrogen and oxygen atoms in total. The second kappa shape index (κ2) is 8.57. The monoisotopic (exact) mass is 395 g/mol. The van der Waals surface area contributed by atoms with Crippen molar-refractivity contribution in [3.63, 3.8) is 0 Å². The quantitative estimate of drug-likeness (QED) is 0.604. The summed E-state index contributed by atoms with van der Waals surface area (Å²) in [6, 6.07) is 23.4. The second-order valence-corrected chi connectivity index (χ2v) is 9.53. The molecular weight excluding hydrogens is 370 g/mol. The Hall–Kier alpha value is -2.66. The maximum Gasteiger partial charge on any atom is 0.253 e. The molecule has 0 N–H and O–H groups in total. The van der Waals surface area contributed by atoms with Crippen LogP contribution in [0, 0.1) is 0 Å².